The van der Waals surface area contributed by atoms with E-state index in [2.05, 4.69) is 53.7 Å². The lowest BCUT2D eigenvalue weighted by atomic mass is 10.0. The van der Waals surface area contributed by atoms with Crippen molar-refractivity contribution in [2.24, 2.45) is 10.9 Å². The quantitative estimate of drug-likeness (QED) is 0.346. The molecule has 0 radical (unpaired) electrons. The number of rotatable bonds is 8. The summed E-state index contributed by atoms with van der Waals surface area (Å²) in [6, 6.07) is 8.44. The summed E-state index contributed by atoms with van der Waals surface area (Å²) in [7, 11) is 1.80. The Balaban J connectivity index is 0.00000338. The third-order valence-electron chi connectivity index (χ3n) is 4.93. The number of nitrogens with zero attached hydrogens (tertiary/aromatic N) is 2. The van der Waals surface area contributed by atoms with E-state index in [9.17, 15) is 4.79 Å². The van der Waals surface area contributed by atoms with Crippen molar-refractivity contribution in [2.75, 3.05) is 20.1 Å². The van der Waals surface area contributed by atoms with E-state index in [0.29, 0.717) is 18.9 Å². The van der Waals surface area contributed by atoms with Crippen LogP contribution < -0.4 is 10.6 Å². The molecule has 0 bridgehead atoms. The lowest BCUT2D eigenvalue weighted by Crippen LogP contribution is -2.39. The molecule has 1 fully saturated rings. The van der Waals surface area contributed by atoms with Crippen molar-refractivity contribution in [1.29, 1.82) is 0 Å². The fourth-order valence-corrected chi connectivity index (χ4v) is 3.15. The van der Waals surface area contributed by atoms with Crippen LogP contribution in [-0.4, -0.2) is 36.9 Å². The number of aliphatic imine (C=N–C) groups is 1. The lowest BCUT2D eigenvalue weighted by molar-refractivity contribution is -0.128. The van der Waals surface area contributed by atoms with Crippen LogP contribution >= 0.6 is 24.0 Å². The molecule has 1 aliphatic heterocycles. The number of halogens is 1. The average Bonchev–Trinajstić information content (AvgIpc) is 3.03. The monoisotopic (exact) mass is 472 g/mol. The summed E-state index contributed by atoms with van der Waals surface area (Å²) in [6.45, 7) is 7.72. The molecule has 6 heteroatoms. The predicted molar refractivity (Wildman–Crippen MR) is 119 cm³/mol. The molecule has 146 valence electrons. The minimum Gasteiger partial charge on any atom is -0.356 e. The van der Waals surface area contributed by atoms with Gasteiger partial charge in [-0.3, -0.25) is 9.79 Å². The Bertz CT molecular complexity index is 587. The molecule has 2 N–H and O–H groups in total. The van der Waals surface area contributed by atoms with E-state index in [0.717, 1.165) is 32.0 Å². The zero-order chi connectivity index (χ0) is 18.1. The molecule has 1 aromatic rings. The summed E-state index contributed by atoms with van der Waals surface area (Å²) in [5, 5.41) is 6.78. The SMILES string of the molecule is CCC(CC)CNC(=NC)NCc1cccc(CN2CCCC2=O)c1.I. The molecule has 0 aliphatic carbocycles. The van der Waals surface area contributed by atoms with Crippen LogP contribution in [0.5, 0.6) is 0 Å². The third kappa shape index (κ3) is 7.13. The van der Waals surface area contributed by atoms with Crippen LogP contribution in [0.15, 0.2) is 29.3 Å². The van der Waals surface area contributed by atoms with Crippen LogP contribution in [0.2, 0.25) is 0 Å². The van der Waals surface area contributed by atoms with Crippen LogP contribution in [0.3, 0.4) is 0 Å². The van der Waals surface area contributed by atoms with Gasteiger partial charge in [-0.2, -0.15) is 0 Å². The largest absolute Gasteiger partial charge is 0.356 e. The van der Waals surface area contributed by atoms with Gasteiger partial charge >= 0.3 is 0 Å². The summed E-state index contributed by atoms with van der Waals surface area (Å²) in [6.07, 6.45) is 4.04. The summed E-state index contributed by atoms with van der Waals surface area (Å²) < 4.78 is 0. The van der Waals surface area contributed by atoms with E-state index in [1.54, 1.807) is 7.05 Å². The molecule has 1 aromatic carbocycles. The van der Waals surface area contributed by atoms with E-state index < -0.39 is 0 Å². The number of hydrogen-bond donors (Lipinski definition) is 2. The number of amides is 1. The van der Waals surface area contributed by atoms with Crippen LogP contribution in [0.1, 0.15) is 50.7 Å². The maximum absolute atomic E-state index is 11.8. The van der Waals surface area contributed by atoms with Gasteiger partial charge < -0.3 is 15.5 Å². The Labute approximate surface area is 175 Å². The number of likely N-dealkylation sites (tertiary alicyclic amines) is 1. The topological polar surface area (TPSA) is 56.7 Å². The minimum atomic E-state index is 0. The van der Waals surface area contributed by atoms with Crippen LogP contribution in [-0.2, 0) is 17.9 Å². The minimum absolute atomic E-state index is 0. The molecule has 2 rings (SSSR count). The van der Waals surface area contributed by atoms with Gasteiger partial charge in [0.2, 0.25) is 5.91 Å². The third-order valence-corrected chi connectivity index (χ3v) is 4.93. The molecular formula is C20H33IN4O. The molecule has 26 heavy (non-hydrogen) atoms. The van der Waals surface area contributed by atoms with Crippen LogP contribution in [0.25, 0.3) is 0 Å². The molecule has 1 aliphatic rings. The predicted octanol–water partition coefficient (Wildman–Crippen LogP) is 3.53. The number of carbonyl (C=O) groups excluding carboxylic acids is 1. The van der Waals surface area contributed by atoms with Crippen molar-refractivity contribution in [3.8, 4) is 0 Å². The maximum Gasteiger partial charge on any atom is 0.222 e. The van der Waals surface area contributed by atoms with Gasteiger partial charge in [-0.1, -0.05) is 51.0 Å². The maximum atomic E-state index is 11.8. The van der Waals surface area contributed by atoms with Gasteiger partial charge in [0.05, 0.1) is 0 Å². The van der Waals surface area contributed by atoms with Gasteiger partial charge in [0.15, 0.2) is 5.96 Å². The number of guanidine groups is 1. The number of hydrogen-bond acceptors (Lipinski definition) is 2. The van der Waals surface area contributed by atoms with Gasteiger partial charge in [0.25, 0.3) is 0 Å². The normalized spacial score (nSPS) is 14.5. The van der Waals surface area contributed by atoms with Crippen LogP contribution in [0, 0.1) is 5.92 Å². The first kappa shape index (κ1) is 22.7. The van der Waals surface area contributed by atoms with Crippen molar-refractivity contribution in [1.82, 2.24) is 15.5 Å². The molecule has 1 saturated heterocycles. The zero-order valence-electron chi connectivity index (χ0n) is 16.3. The smallest absolute Gasteiger partial charge is 0.222 e. The number of carbonyl (C=O) groups is 1. The molecular weight excluding hydrogens is 439 g/mol. The number of benzene rings is 1. The highest BCUT2D eigenvalue weighted by Gasteiger charge is 2.19. The highest BCUT2D eigenvalue weighted by atomic mass is 127. The first-order valence-electron chi connectivity index (χ1n) is 9.46. The second-order valence-corrected chi connectivity index (χ2v) is 6.73. The zero-order valence-corrected chi connectivity index (χ0v) is 18.6. The van der Waals surface area contributed by atoms with Crippen LogP contribution in [0.4, 0.5) is 0 Å². The molecule has 0 saturated carbocycles. The van der Waals surface area contributed by atoms with E-state index in [1.807, 2.05) is 4.90 Å². The van der Waals surface area contributed by atoms with Gasteiger partial charge in [0, 0.05) is 39.6 Å². The fourth-order valence-electron chi connectivity index (χ4n) is 3.15. The van der Waals surface area contributed by atoms with Gasteiger partial charge in [-0.25, -0.2) is 0 Å². The highest BCUT2D eigenvalue weighted by Crippen LogP contribution is 2.15. The Morgan fingerprint density at radius 3 is 2.58 bits per heavy atom. The van der Waals surface area contributed by atoms with Crippen molar-refractivity contribution >= 4 is 35.8 Å². The molecule has 0 unspecified atom stereocenters. The fraction of sp³-hybridized carbons (Fsp3) is 0.600. The van der Waals surface area contributed by atoms with Crippen molar-refractivity contribution in [3.05, 3.63) is 35.4 Å². The van der Waals surface area contributed by atoms with Gasteiger partial charge in [-0.15, -0.1) is 24.0 Å². The van der Waals surface area contributed by atoms with E-state index in [4.69, 9.17) is 0 Å². The molecule has 0 atom stereocenters. The Morgan fingerprint density at radius 1 is 1.23 bits per heavy atom. The van der Waals surface area contributed by atoms with Gasteiger partial charge in [-0.05, 0) is 23.5 Å². The summed E-state index contributed by atoms with van der Waals surface area (Å²) >= 11 is 0. The van der Waals surface area contributed by atoms with Gasteiger partial charge in [0.1, 0.15) is 0 Å². The van der Waals surface area contributed by atoms with Crippen molar-refractivity contribution in [3.63, 3.8) is 0 Å². The highest BCUT2D eigenvalue weighted by molar-refractivity contribution is 14.0. The molecule has 0 aromatic heterocycles. The molecule has 0 spiro atoms. The second kappa shape index (κ2) is 12.1. The summed E-state index contributed by atoms with van der Waals surface area (Å²) in [4.78, 5) is 18.0. The standard InChI is InChI=1S/C20H32N4O.HI/c1-4-16(5-2)13-22-20(21-3)23-14-17-8-6-9-18(12-17)15-24-11-7-10-19(24)25;/h6,8-9,12,16H,4-5,7,10-11,13-15H2,1-3H3,(H2,21,22,23);1H. The molecule has 5 nitrogen and oxygen atoms in total. The first-order valence-corrected chi connectivity index (χ1v) is 9.46. The second-order valence-electron chi connectivity index (χ2n) is 6.73. The summed E-state index contributed by atoms with van der Waals surface area (Å²) in [5.41, 5.74) is 2.39. The van der Waals surface area contributed by atoms with E-state index >= 15 is 0 Å². The molecule has 1 heterocycles. The Hall–Kier alpha value is -1.31. The first-order chi connectivity index (χ1) is 12.2. The molecule has 1 amide bonds. The number of nitrogens with one attached hydrogen (secondary N) is 2. The lowest BCUT2D eigenvalue weighted by Gasteiger charge is -2.18. The van der Waals surface area contributed by atoms with E-state index in [1.165, 1.54) is 24.0 Å². The van der Waals surface area contributed by atoms with E-state index in [-0.39, 0.29) is 29.9 Å². The van der Waals surface area contributed by atoms with Crippen molar-refractivity contribution < 1.29 is 4.79 Å². The Morgan fingerprint density at radius 2 is 1.96 bits per heavy atom. The van der Waals surface area contributed by atoms with Crippen molar-refractivity contribution in [2.45, 2.75) is 52.6 Å². The average molecular weight is 472 g/mol. The summed E-state index contributed by atoms with van der Waals surface area (Å²) in [5.74, 6) is 1.79. The Kier molecular flexibility index (Phi) is 10.6.